The Labute approximate surface area is 127 Å². The lowest BCUT2D eigenvalue weighted by molar-refractivity contribution is -0.124. The number of rotatable bonds is 5. The molecular formula is C11H14Cl2N2O4S. The lowest BCUT2D eigenvalue weighted by Crippen LogP contribution is -2.51. The van der Waals surface area contributed by atoms with Gasteiger partial charge in [0.2, 0.25) is 15.9 Å². The van der Waals surface area contributed by atoms with Gasteiger partial charge in [-0.1, -0.05) is 23.2 Å². The number of hydrogen-bond donors (Lipinski definition) is 3. The number of aliphatic hydroxyl groups excluding tert-OH is 1. The van der Waals surface area contributed by atoms with E-state index in [0.717, 1.165) is 6.07 Å². The second kappa shape index (κ2) is 6.73. The van der Waals surface area contributed by atoms with Crippen LogP contribution in [0.3, 0.4) is 0 Å². The van der Waals surface area contributed by atoms with Crippen molar-refractivity contribution in [2.75, 3.05) is 7.05 Å². The molecule has 0 radical (unpaired) electrons. The molecule has 0 fully saturated rings. The molecule has 0 saturated carbocycles. The zero-order valence-electron chi connectivity index (χ0n) is 10.7. The summed E-state index contributed by atoms with van der Waals surface area (Å²) in [4.78, 5) is 11.4. The molecule has 2 unspecified atom stereocenters. The summed E-state index contributed by atoms with van der Waals surface area (Å²) in [5.41, 5.74) is 0. The highest BCUT2D eigenvalue weighted by molar-refractivity contribution is 7.89. The first-order chi connectivity index (χ1) is 9.19. The van der Waals surface area contributed by atoms with Crippen molar-refractivity contribution < 1.29 is 18.3 Å². The SMILES string of the molecule is CNC(=O)C(NS(=O)(=O)c1ccc(Cl)c(Cl)c1)C(C)O. The third-order valence-corrected chi connectivity index (χ3v) is 4.67. The molecule has 1 aromatic carbocycles. The molecule has 0 spiro atoms. The summed E-state index contributed by atoms with van der Waals surface area (Å²) in [5, 5.41) is 12.0. The monoisotopic (exact) mass is 340 g/mol. The van der Waals surface area contributed by atoms with Crippen LogP contribution in [0.4, 0.5) is 0 Å². The number of carbonyl (C=O) groups is 1. The fourth-order valence-corrected chi connectivity index (χ4v) is 3.06. The largest absolute Gasteiger partial charge is 0.391 e. The first kappa shape index (κ1) is 17.2. The topological polar surface area (TPSA) is 95.5 Å². The maximum absolute atomic E-state index is 12.1. The fourth-order valence-electron chi connectivity index (χ4n) is 1.41. The third kappa shape index (κ3) is 4.07. The van der Waals surface area contributed by atoms with Crippen LogP contribution in [-0.4, -0.2) is 38.6 Å². The summed E-state index contributed by atoms with van der Waals surface area (Å²) in [6.07, 6.45) is -1.20. The number of aliphatic hydroxyl groups is 1. The first-order valence-corrected chi connectivity index (χ1v) is 7.80. The van der Waals surface area contributed by atoms with Gasteiger partial charge >= 0.3 is 0 Å². The van der Waals surface area contributed by atoms with Crippen LogP contribution in [0.15, 0.2) is 23.1 Å². The predicted octanol–water partition coefficient (Wildman–Crippen LogP) is 0.767. The minimum absolute atomic E-state index is 0.0723. The predicted molar refractivity (Wildman–Crippen MR) is 76.3 cm³/mol. The van der Waals surface area contributed by atoms with Crippen LogP contribution in [0.1, 0.15) is 6.92 Å². The molecule has 0 saturated heterocycles. The Morgan fingerprint density at radius 2 is 1.90 bits per heavy atom. The zero-order valence-corrected chi connectivity index (χ0v) is 13.1. The first-order valence-electron chi connectivity index (χ1n) is 5.56. The van der Waals surface area contributed by atoms with E-state index >= 15 is 0 Å². The molecule has 1 aromatic rings. The third-order valence-electron chi connectivity index (χ3n) is 2.49. The van der Waals surface area contributed by atoms with E-state index in [1.807, 2.05) is 0 Å². The van der Waals surface area contributed by atoms with Gasteiger partial charge in [0, 0.05) is 7.05 Å². The van der Waals surface area contributed by atoms with Gasteiger partial charge in [0.25, 0.3) is 0 Å². The Morgan fingerprint density at radius 1 is 1.30 bits per heavy atom. The van der Waals surface area contributed by atoms with E-state index in [-0.39, 0.29) is 14.9 Å². The molecule has 112 valence electrons. The molecule has 9 heteroatoms. The Hall–Kier alpha value is -0.860. The van der Waals surface area contributed by atoms with E-state index in [1.165, 1.54) is 26.1 Å². The summed E-state index contributed by atoms with van der Waals surface area (Å²) in [6.45, 7) is 1.30. The smallest absolute Gasteiger partial charge is 0.241 e. The Kier molecular flexibility index (Phi) is 5.79. The highest BCUT2D eigenvalue weighted by Crippen LogP contribution is 2.24. The molecule has 0 aliphatic rings. The van der Waals surface area contributed by atoms with Gasteiger partial charge in [-0.15, -0.1) is 0 Å². The molecule has 0 bridgehead atoms. The fraction of sp³-hybridized carbons (Fsp3) is 0.364. The van der Waals surface area contributed by atoms with Gasteiger partial charge in [0.05, 0.1) is 21.0 Å². The van der Waals surface area contributed by atoms with E-state index in [4.69, 9.17) is 23.2 Å². The summed E-state index contributed by atoms with van der Waals surface area (Å²) < 4.78 is 26.4. The molecule has 1 amide bonds. The highest BCUT2D eigenvalue weighted by atomic mass is 35.5. The summed E-state index contributed by atoms with van der Waals surface area (Å²) >= 11 is 11.5. The molecular weight excluding hydrogens is 327 g/mol. The number of benzene rings is 1. The molecule has 0 aliphatic heterocycles. The Balaban J connectivity index is 3.09. The van der Waals surface area contributed by atoms with E-state index < -0.39 is 28.1 Å². The molecule has 0 aromatic heterocycles. The van der Waals surface area contributed by atoms with Crippen molar-refractivity contribution >= 4 is 39.1 Å². The molecule has 0 heterocycles. The number of likely N-dealkylation sites (N-methyl/N-ethyl adjacent to an activating group) is 1. The van der Waals surface area contributed by atoms with Crippen LogP contribution >= 0.6 is 23.2 Å². The van der Waals surface area contributed by atoms with Crippen LogP contribution in [-0.2, 0) is 14.8 Å². The van der Waals surface area contributed by atoms with Crippen molar-refractivity contribution in [3.8, 4) is 0 Å². The van der Waals surface area contributed by atoms with E-state index in [2.05, 4.69) is 10.0 Å². The average molecular weight is 341 g/mol. The maximum atomic E-state index is 12.1. The normalized spacial score (nSPS) is 14.7. The maximum Gasteiger partial charge on any atom is 0.241 e. The highest BCUT2D eigenvalue weighted by Gasteiger charge is 2.29. The molecule has 1 rings (SSSR count). The number of hydrogen-bond acceptors (Lipinski definition) is 4. The summed E-state index contributed by atoms with van der Waals surface area (Å²) in [6, 6.07) is 2.43. The van der Waals surface area contributed by atoms with Crippen molar-refractivity contribution in [2.24, 2.45) is 0 Å². The quantitative estimate of drug-likeness (QED) is 0.737. The summed E-state index contributed by atoms with van der Waals surface area (Å²) in [7, 11) is -2.67. The van der Waals surface area contributed by atoms with Crippen molar-refractivity contribution in [3.05, 3.63) is 28.2 Å². The van der Waals surface area contributed by atoms with E-state index in [0.29, 0.717) is 0 Å². The molecule has 0 aliphatic carbocycles. The van der Waals surface area contributed by atoms with Gasteiger partial charge in [-0.05, 0) is 25.1 Å². The Morgan fingerprint density at radius 3 is 2.35 bits per heavy atom. The van der Waals surface area contributed by atoms with Gasteiger partial charge in [-0.2, -0.15) is 4.72 Å². The second-order valence-corrected chi connectivity index (χ2v) is 6.56. The zero-order chi connectivity index (χ0) is 15.5. The molecule has 20 heavy (non-hydrogen) atoms. The lowest BCUT2D eigenvalue weighted by Gasteiger charge is -2.19. The van der Waals surface area contributed by atoms with Crippen molar-refractivity contribution in [1.82, 2.24) is 10.0 Å². The number of halogens is 2. The molecule has 3 N–H and O–H groups in total. The minimum Gasteiger partial charge on any atom is -0.391 e. The Bertz CT molecular complexity index is 604. The van der Waals surface area contributed by atoms with Gasteiger partial charge in [-0.25, -0.2) is 8.42 Å². The van der Waals surface area contributed by atoms with E-state index in [1.54, 1.807) is 0 Å². The second-order valence-electron chi connectivity index (χ2n) is 4.03. The van der Waals surface area contributed by atoms with Crippen molar-refractivity contribution in [3.63, 3.8) is 0 Å². The number of sulfonamides is 1. The van der Waals surface area contributed by atoms with Gasteiger partial charge in [0.1, 0.15) is 6.04 Å². The van der Waals surface area contributed by atoms with Crippen molar-refractivity contribution in [2.45, 2.75) is 24.0 Å². The summed E-state index contributed by atoms with van der Waals surface area (Å²) in [5.74, 6) is -0.649. The van der Waals surface area contributed by atoms with Crippen LogP contribution in [0, 0.1) is 0 Å². The molecule has 6 nitrogen and oxygen atoms in total. The van der Waals surface area contributed by atoms with Gasteiger partial charge in [0.15, 0.2) is 0 Å². The van der Waals surface area contributed by atoms with Crippen molar-refractivity contribution in [1.29, 1.82) is 0 Å². The van der Waals surface area contributed by atoms with Crippen LogP contribution in [0.25, 0.3) is 0 Å². The number of nitrogens with one attached hydrogen (secondary N) is 2. The lowest BCUT2D eigenvalue weighted by atomic mass is 10.2. The minimum atomic E-state index is -4.01. The number of amides is 1. The van der Waals surface area contributed by atoms with E-state index in [9.17, 15) is 18.3 Å². The van der Waals surface area contributed by atoms with Crippen LogP contribution < -0.4 is 10.0 Å². The molecule has 2 atom stereocenters. The van der Waals surface area contributed by atoms with Crippen LogP contribution in [0.5, 0.6) is 0 Å². The van der Waals surface area contributed by atoms with Gasteiger partial charge in [-0.3, -0.25) is 4.79 Å². The van der Waals surface area contributed by atoms with Gasteiger partial charge < -0.3 is 10.4 Å². The number of carbonyl (C=O) groups excluding carboxylic acids is 1. The standard InChI is InChI=1S/C11H14Cl2N2O4S/c1-6(16)10(11(17)14-2)15-20(18,19)7-3-4-8(12)9(13)5-7/h3-6,10,15-16H,1-2H3,(H,14,17). The average Bonchev–Trinajstić information content (AvgIpc) is 2.38. The van der Waals surface area contributed by atoms with Crippen LogP contribution in [0.2, 0.25) is 10.0 Å².